The zero-order valence-corrected chi connectivity index (χ0v) is 10.3. The lowest BCUT2D eigenvalue weighted by Gasteiger charge is -2.30. The minimum absolute atomic E-state index is 0.176. The van der Waals surface area contributed by atoms with Gasteiger partial charge in [0.1, 0.15) is 0 Å². The molecule has 0 amide bonds. The van der Waals surface area contributed by atoms with E-state index in [-0.39, 0.29) is 6.42 Å². The molecule has 2 N–H and O–H groups in total. The number of hydrogen-bond donors (Lipinski definition) is 2. The van der Waals surface area contributed by atoms with Gasteiger partial charge in [0.05, 0.1) is 11.2 Å². The Morgan fingerprint density at radius 2 is 1.60 bits per heavy atom. The van der Waals surface area contributed by atoms with Crippen molar-refractivity contribution in [1.82, 2.24) is 0 Å². The maximum absolute atomic E-state index is 10.9. The van der Waals surface area contributed by atoms with Crippen LogP contribution in [0, 0.1) is 10.8 Å². The molecule has 90 valence electrons. The zero-order chi connectivity index (χ0) is 12.5. The first-order valence-electron chi connectivity index (χ1n) is 4.54. The lowest BCUT2D eigenvalue weighted by molar-refractivity contribution is -0.148. The van der Waals surface area contributed by atoms with E-state index in [1.165, 1.54) is 13.8 Å². The molecule has 0 atom stereocenters. The van der Waals surface area contributed by atoms with Crippen LogP contribution in [0.5, 0.6) is 0 Å². The van der Waals surface area contributed by atoms with Crippen molar-refractivity contribution >= 4 is 16.1 Å². The Balaban J connectivity index is 4.72. The quantitative estimate of drug-likeness (QED) is 0.706. The van der Waals surface area contributed by atoms with Gasteiger partial charge in [-0.25, -0.2) is 0 Å². The second kappa shape index (κ2) is 4.09. The lowest BCUT2D eigenvalue weighted by atomic mass is 9.76. The second-order valence-corrected chi connectivity index (χ2v) is 6.71. The Bertz CT molecular complexity index is 340. The topological polar surface area (TPSA) is 91.7 Å². The summed E-state index contributed by atoms with van der Waals surface area (Å²) >= 11 is 0. The van der Waals surface area contributed by atoms with E-state index in [1.54, 1.807) is 13.8 Å². The Morgan fingerprint density at radius 3 is 1.87 bits per heavy atom. The van der Waals surface area contributed by atoms with Crippen LogP contribution in [0.15, 0.2) is 0 Å². The van der Waals surface area contributed by atoms with Crippen LogP contribution in [0.3, 0.4) is 0 Å². The molecule has 0 aliphatic heterocycles. The van der Waals surface area contributed by atoms with Crippen LogP contribution in [-0.4, -0.2) is 29.8 Å². The van der Waals surface area contributed by atoms with Crippen LogP contribution in [0.4, 0.5) is 0 Å². The molecule has 0 rings (SSSR count). The van der Waals surface area contributed by atoms with Crippen molar-refractivity contribution in [2.24, 2.45) is 10.8 Å². The van der Waals surface area contributed by atoms with E-state index in [0.29, 0.717) is 0 Å². The van der Waals surface area contributed by atoms with Gasteiger partial charge < -0.3 is 5.11 Å². The van der Waals surface area contributed by atoms with Crippen molar-refractivity contribution in [1.29, 1.82) is 0 Å². The van der Waals surface area contributed by atoms with Crippen LogP contribution in [0.2, 0.25) is 0 Å². The van der Waals surface area contributed by atoms with Gasteiger partial charge in [0.25, 0.3) is 10.1 Å². The molecule has 0 aromatic heterocycles. The van der Waals surface area contributed by atoms with Crippen LogP contribution in [0.1, 0.15) is 34.1 Å². The molecule has 0 fully saturated rings. The molecule has 0 radical (unpaired) electrons. The fourth-order valence-electron chi connectivity index (χ4n) is 1.82. The van der Waals surface area contributed by atoms with Gasteiger partial charge in [-0.1, -0.05) is 13.8 Å². The summed E-state index contributed by atoms with van der Waals surface area (Å²) in [6, 6.07) is 0. The molecule has 0 aromatic carbocycles. The number of rotatable bonds is 5. The average Bonchev–Trinajstić information content (AvgIpc) is 1.75. The summed E-state index contributed by atoms with van der Waals surface area (Å²) in [5.74, 6) is -1.41. The van der Waals surface area contributed by atoms with Crippen molar-refractivity contribution in [3.05, 3.63) is 0 Å². The maximum atomic E-state index is 10.9. The molecule has 0 aromatic rings. The Hall–Kier alpha value is -0.620. The lowest BCUT2D eigenvalue weighted by Crippen LogP contribution is -2.34. The molecule has 15 heavy (non-hydrogen) atoms. The number of carboxylic acids is 1. The fraction of sp³-hybridized carbons (Fsp3) is 0.889. The standard InChI is InChI=1S/C9H18O5S/c1-8(2,6-15(12,13)14)5-9(3,4)7(10)11/h5-6H2,1-4H3,(H,10,11)(H,12,13,14). The van der Waals surface area contributed by atoms with Crippen molar-refractivity contribution < 1.29 is 22.9 Å². The Labute approximate surface area is 90.2 Å². The first kappa shape index (κ1) is 14.4. The molecule has 0 aliphatic rings. The summed E-state index contributed by atoms with van der Waals surface area (Å²) in [5.41, 5.74) is -1.77. The van der Waals surface area contributed by atoms with Crippen molar-refractivity contribution in [3.63, 3.8) is 0 Å². The second-order valence-electron chi connectivity index (χ2n) is 5.26. The normalized spacial score (nSPS) is 13.9. The highest BCUT2D eigenvalue weighted by molar-refractivity contribution is 7.85. The molecule has 0 unspecified atom stereocenters. The molecule has 0 saturated carbocycles. The highest BCUT2D eigenvalue weighted by Crippen LogP contribution is 2.34. The minimum Gasteiger partial charge on any atom is -0.481 e. The summed E-state index contributed by atoms with van der Waals surface area (Å²) in [6.45, 7) is 6.29. The van der Waals surface area contributed by atoms with E-state index in [0.717, 1.165) is 0 Å². The molecule has 0 heterocycles. The highest BCUT2D eigenvalue weighted by Gasteiger charge is 2.36. The van der Waals surface area contributed by atoms with Crippen molar-refractivity contribution in [3.8, 4) is 0 Å². The van der Waals surface area contributed by atoms with Crippen LogP contribution >= 0.6 is 0 Å². The third-order valence-corrected chi connectivity index (χ3v) is 3.22. The summed E-state index contributed by atoms with van der Waals surface area (Å²) in [5, 5.41) is 8.89. The third-order valence-electron chi connectivity index (χ3n) is 2.07. The van der Waals surface area contributed by atoms with E-state index in [2.05, 4.69) is 0 Å². The summed E-state index contributed by atoms with van der Waals surface area (Å²) in [7, 11) is -4.07. The molecule has 6 heteroatoms. The summed E-state index contributed by atoms with van der Waals surface area (Å²) in [6.07, 6.45) is 0.176. The number of carboxylic acid groups (broad SMARTS) is 1. The van der Waals surface area contributed by atoms with Gasteiger partial charge in [-0.3, -0.25) is 9.35 Å². The number of carbonyl (C=O) groups is 1. The highest BCUT2D eigenvalue weighted by atomic mass is 32.2. The zero-order valence-electron chi connectivity index (χ0n) is 9.44. The van der Waals surface area contributed by atoms with Crippen molar-refractivity contribution in [2.45, 2.75) is 34.1 Å². The van der Waals surface area contributed by atoms with Gasteiger partial charge in [0.15, 0.2) is 0 Å². The average molecular weight is 238 g/mol. The van der Waals surface area contributed by atoms with Crippen molar-refractivity contribution in [2.75, 3.05) is 5.75 Å². The number of hydrogen-bond acceptors (Lipinski definition) is 3. The SMILES string of the molecule is CC(C)(CC(C)(C)C(=O)O)CS(=O)(=O)O. The smallest absolute Gasteiger partial charge is 0.309 e. The molecular weight excluding hydrogens is 220 g/mol. The van der Waals surface area contributed by atoms with E-state index in [9.17, 15) is 13.2 Å². The van der Waals surface area contributed by atoms with E-state index in [1.807, 2.05) is 0 Å². The minimum atomic E-state index is -4.07. The number of aliphatic carboxylic acids is 1. The molecule has 0 saturated heterocycles. The van der Waals surface area contributed by atoms with Gasteiger partial charge in [0, 0.05) is 0 Å². The van der Waals surface area contributed by atoms with Gasteiger partial charge in [0.2, 0.25) is 0 Å². The van der Waals surface area contributed by atoms with Crippen LogP contribution in [0.25, 0.3) is 0 Å². The first-order chi connectivity index (χ1) is 6.36. The van der Waals surface area contributed by atoms with Gasteiger partial charge >= 0.3 is 5.97 Å². The largest absolute Gasteiger partial charge is 0.481 e. The van der Waals surface area contributed by atoms with Crippen LogP contribution in [-0.2, 0) is 14.9 Å². The summed E-state index contributed by atoms with van der Waals surface area (Å²) in [4.78, 5) is 10.9. The fourth-order valence-corrected chi connectivity index (χ4v) is 2.91. The monoisotopic (exact) mass is 238 g/mol. The van der Waals surface area contributed by atoms with E-state index in [4.69, 9.17) is 9.66 Å². The molecular formula is C9H18O5S. The maximum Gasteiger partial charge on any atom is 0.309 e. The molecule has 0 spiro atoms. The van der Waals surface area contributed by atoms with Gasteiger partial charge in [-0.2, -0.15) is 8.42 Å². The van der Waals surface area contributed by atoms with Gasteiger partial charge in [-0.05, 0) is 25.7 Å². The van der Waals surface area contributed by atoms with Crippen LogP contribution < -0.4 is 0 Å². The van der Waals surface area contributed by atoms with Gasteiger partial charge in [-0.15, -0.1) is 0 Å². The molecule has 0 aliphatic carbocycles. The summed E-state index contributed by atoms with van der Waals surface area (Å²) < 4.78 is 30.1. The van der Waals surface area contributed by atoms with E-state index >= 15 is 0 Å². The predicted molar refractivity (Wildman–Crippen MR) is 56.2 cm³/mol. The molecule has 0 bridgehead atoms. The predicted octanol–water partition coefficient (Wildman–Crippen LogP) is 1.40. The Kier molecular flexibility index (Phi) is 3.93. The van der Waals surface area contributed by atoms with E-state index < -0.39 is 32.7 Å². The first-order valence-corrected chi connectivity index (χ1v) is 6.15. The third kappa shape index (κ3) is 5.74. The Morgan fingerprint density at radius 1 is 1.20 bits per heavy atom. The molecule has 5 nitrogen and oxygen atoms in total.